The van der Waals surface area contributed by atoms with Gasteiger partial charge in [0.2, 0.25) is 0 Å². The molecule has 2 bridgehead atoms. The third-order valence-electron chi connectivity index (χ3n) is 5.44. The minimum absolute atomic E-state index is 0.905. The Morgan fingerprint density at radius 2 is 1.19 bits per heavy atom. The summed E-state index contributed by atoms with van der Waals surface area (Å²) in [5.41, 5.74) is 6.79. The van der Waals surface area contributed by atoms with Crippen LogP contribution in [0.25, 0.3) is 66.1 Å². The van der Waals surface area contributed by atoms with Crippen molar-refractivity contribution in [2.45, 2.75) is 0 Å². The van der Waals surface area contributed by atoms with Gasteiger partial charge in [0, 0.05) is 34.1 Å². The Morgan fingerprint density at radius 3 is 2.12 bits per heavy atom. The molecule has 1 aliphatic rings. The van der Waals surface area contributed by atoms with E-state index < -0.39 is 0 Å². The van der Waals surface area contributed by atoms with Crippen molar-refractivity contribution in [2.24, 2.45) is 0 Å². The number of hydrogen-bond donors (Lipinski definition) is 0. The zero-order valence-corrected chi connectivity index (χ0v) is 13.6. The SMILES string of the molecule is c1cnc2c(c1)-c1nc3c(nc1-2)c1c2ccccc2c3c2ncccc21. The van der Waals surface area contributed by atoms with Gasteiger partial charge < -0.3 is 0 Å². The average Bonchev–Trinajstić information content (AvgIpc) is 2.71. The second kappa shape index (κ2) is 4.11. The summed E-state index contributed by atoms with van der Waals surface area (Å²) < 4.78 is 0. The topological polar surface area (TPSA) is 51.6 Å². The first-order chi connectivity index (χ1) is 12.9. The Balaban J connectivity index is 1.80. The summed E-state index contributed by atoms with van der Waals surface area (Å²) >= 11 is 0. The molecule has 4 nitrogen and oxygen atoms in total. The monoisotopic (exact) mass is 330 g/mol. The molecule has 0 aliphatic heterocycles. The van der Waals surface area contributed by atoms with Crippen LogP contribution in [0.5, 0.6) is 0 Å². The van der Waals surface area contributed by atoms with Crippen LogP contribution >= 0.6 is 0 Å². The first-order valence-corrected chi connectivity index (χ1v) is 8.60. The first kappa shape index (κ1) is 12.7. The number of aromatic nitrogens is 4. The van der Waals surface area contributed by atoms with E-state index in [1.54, 1.807) is 0 Å². The fourth-order valence-corrected chi connectivity index (χ4v) is 4.35. The predicted octanol–water partition coefficient (Wildman–Crippen LogP) is 4.96. The van der Waals surface area contributed by atoms with E-state index in [-0.39, 0.29) is 0 Å². The standard InChI is InChI=1S/C22H10N4/c1-2-6-12-11(5-1)15-13-7-3-9-23-17(13)16(12)21-20(15)26-22-18-14(19(22)25-21)8-4-10-24-18/h1-10H. The molecular weight excluding hydrogens is 320 g/mol. The Hall–Kier alpha value is -3.66. The summed E-state index contributed by atoms with van der Waals surface area (Å²) in [7, 11) is 0. The Bertz CT molecular complexity index is 1360. The summed E-state index contributed by atoms with van der Waals surface area (Å²) in [6, 6.07) is 16.6. The van der Waals surface area contributed by atoms with Crippen molar-refractivity contribution in [1.29, 1.82) is 0 Å². The van der Waals surface area contributed by atoms with E-state index in [9.17, 15) is 0 Å². The van der Waals surface area contributed by atoms with Gasteiger partial charge in [0.15, 0.2) is 0 Å². The van der Waals surface area contributed by atoms with Gasteiger partial charge in [-0.15, -0.1) is 0 Å². The molecule has 0 spiro atoms. The van der Waals surface area contributed by atoms with E-state index in [0.29, 0.717) is 0 Å². The van der Waals surface area contributed by atoms with Crippen molar-refractivity contribution < 1.29 is 0 Å². The molecule has 7 aromatic rings. The van der Waals surface area contributed by atoms with Gasteiger partial charge in [0.05, 0.1) is 11.0 Å². The normalized spacial score (nSPS) is 12.6. The fourth-order valence-electron chi connectivity index (χ4n) is 4.35. The van der Waals surface area contributed by atoms with Crippen molar-refractivity contribution in [3.05, 3.63) is 60.9 Å². The molecule has 1 aliphatic carbocycles. The van der Waals surface area contributed by atoms with Crippen molar-refractivity contribution in [3.63, 3.8) is 0 Å². The number of rotatable bonds is 0. The van der Waals surface area contributed by atoms with Gasteiger partial charge in [-0.2, -0.15) is 0 Å². The maximum atomic E-state index is 5.02. The lowest BCUT2D eigenvalue weighted by Gasteiger charge is -2.23. The summed E-state index contributed by atoms with van der Waals surface area (Å²) in [6.45, 7) is 0. The van der Waals surface area contributed by atoms with Crippen molar-refractivity contribution in [1.82, 2.24) is 19.9 Å². The molecule has 118 valence electrons. The van der Waals surface area contributed by atoms with Crippen LogP contribution in [0.15, 0.2) is 60.9 Å². The summed E-state index contributed by atoms with van der Waals surface area (Å²) in [6.07, 6.45) is 3.66. The van der Waals surface area contributed by atoms with Gasteiger partial charge in [0.1, 0.15) is 22.6 Å². The lowest BCUT2D eigenvalue weighted by atomic mass is 9.89. The molecule has 4 heteroatoms. The van der Waals surface area contributed by atoms with E-state index in [1.165, 1.54) is 10.8 Å². The molecule has 3 aromatic heterocycles. The van der Waals surface area contributed by atoms with Gasteiger partial charge in [-0.3, -0.25) is 9.97 Å². The molecule has 4 aromatic carbocycles. The zero-order chi connectivity index (χ0) is 16.8. The molecule has 3 heterocycles. The summed E-state index contributed by atoms with van der Waals surface area (Å²) in [5.74, 6) is 0. The molecule has 0 saturated heterocycles. The highest BCUT2D eigenvalue weighted by atomic mass is 14.9. The Kier molecular flexibility index (Phi) is 2.00. The quantitative estimate of drug-likeness (QED) is 0.369. The van der Waals surface area contributed by atoms with Crippen LogP contribution in [0.2, 0.25) is 0 Å². The third-order valence-corrected chi connectivity index (χ3v) is 5.44. The fraction of sp³-hybridized carbons (Fsp3) is 0. The largest absolute Gasteiger partial charge is 0.256 e. The molecule has 26 heavy (non-hydrogen) atoms. The number of nitrogens with zero attached hydrogens (tertiary/aromatic N) is 4. The van der Waals surface area contributed by atoms with Crippen molar-refractivity contribution in [3.8, 4) is 22.6 Å². The highest BCUT2D eigenvalue weighted by Gasteiger charge is 2.30. The van der Waals surface area contributed by atoms with Crippen LogP contribution in [-0.2, 0) is 0 Å². The number of benzene rings is 4. The number of hydrogen-bond acceptors (Lipinski definition) is 4. The lowest BCUT2D eigenvalue weighted by molar-refractivity contribution is 1.19. The minimum atomic E-state index is 0.905. The Morgan fingerprint density at radius 1 is 0.500 bits per heavy atom. The van der Waals surface area contributed by atoms with Crippen LogP contribution < -0.4 is 0 Å². The molecule has 0 fully saturated rings. The van der Waals surface area contributed by atoms with Crippen LogP contribution in [0.1, 0.15) is 0 Å². The van der Waals surface area contributed by atoms with Gasteiger partial charge in [-0.25, -0.2) is 9.97 Å². The number of pyridine rings is 2. The molecular formula is C22H10N4. The highest BCUT2D eigenvalue weighted by Crippen LogP contribution is 2.48. The molecule has 0 amide bonds. The maximum Gasteiger partial charge on any atom is 0.116 e. The molecule has 0 atom stereocenters. The van der Waals surface area contributed by atoms with Gasteiger partial charge in [-0.05, 0) is 29.0 Å². The minimum Gasteiger partial charge on any atom is -0.256 e. The maximum absolute atomic E-state index is 5.02. The molecule has 0 saturated carbocycles. The average molecular weight is 330 g/mol. The van der Waals surface area contributed by atoms with Gasteiger partial charge in [0.25, 0.3) is 0 Å². The third kappa shape index (κ3) is 1.27. The van der Waals surface area contributed by atoms with E-state index in [0.717, 1.165) is 55.4 Å². The smallest absolute Gasteiger partial charge is 0.116 e. The second-order valence-electron chi connectivity index (χ2n) is 6.71. The van der Waals surface area contributed by atoms with E-state index in [4.69, 9.17) is 9.97 Å². The molecule has 8 rings (SSSR count). The molecule has 0 unspecified atom stereocenters. The van der Waals surface area contributed by atoms with E-state index in [2.05, 4.69) is 46.4 Å². The van der Waals surface area contributed by atoms with Crippen LogP contribution in [-0.4, -0.2) is 19.9 Å². The molecule has 0 N–H and O–H groups in total. The first-order valence-electron chi connectivity index (χ1n) is 8.60. The van der Waals surface area contributed by atoms with E-state index in [1.807, 2.05) is 24.5 Å². The van der Waals surface area contributed by atoms with Crippen molar-refractivity contribution in [2.75, 3.05) is 0 Å². The number of fused-ring (bicyclic) bond motifs is 4. The van der Waals surface area contributed by atoms with Gasteiger partial charge in [-0.1, -0.05) is 30.3 Å². The lowest BCUT2D eigenvalue weighted by Crippen LogP contribution is -2.08. The second-order valence-corrected chi connectivity index (χ2v) is 6.71. The summed E-state index contributed by atoms with van der Waals surface area (Å²) in [5, 5.41) is 5.78. The van der Waals surface area contributed by atoms with Crippen LogP contribution in [0, 0.1) is 0 Å². The van der Waals surface area contributed by atoms with Crippen LogP contribution in [0.4, 0.5) is 0 Å². The predicted molar refractivity (Wildman–Crippen MR) is 103 cm³/mol. The Labute approximate surface area is 147 Å². The molecule has 0 radical (unpaired) electrons. The van der Waals surface area contributed by atoms with Gasteiger partial charge >= 0.3 is 0 Å². The highest BCUT2D eigenvalue weighted by molar-refractivity contribution is 6.38. The zero-order valence-electron chi connectivity index (χ0n) is 13.6. The van der Waals surface area contributed by atoms with Crippen LogP contribution in [0.3, 0.4) is 0 Å². The van der Waals surface area contributed by atoms with E-state index >= 15 is 0 Å². The van der Waals surface area contributed by atoms with Crippen molar-refractivity contribution >= 4 is 43.5 Å². The summed E-state index contributed by atoms with van der Waals surface area (Å²) in [4.78, 5) is 19.2.